The van der Waals surface area contributed by atoms with Gasteiger partial charge in [0.25, 0.3) is 0 Å². The topological polar surface area (TPSA) is 24.1 Å². The van der Waals surface area contributed by atoms with E-state index in [-0.39, 0.29) is 5.82 Å². The van der Waals surface area contributed by atoms with Crippen LogP contribution in [0.15, 0.2) is 46.9 Å². The molecule has 2 aromatic carbocycles. The molecule has 0 aliphatic heterocycles. The fraction of sp³-hybridized carbons (Fsp3) is 0.0714. The lowest BCUT2D eigenvalue weighted by Crippen LogP contribution is -2.19. The minimum Gasteiger partial charge on any atom is -0.332 e. The molecule has 98 valence electrons. The first kappa shape index (κ1) is 14.0. The largest absolute Gasteiger partial charge is 0.332 e. The first-order chi connectivity index (χ1) is 9.06. The van der Waals surface area contributed by atoms with E-state index in [1.54, 1.807) is 19.1 Å². The van der Waals surface area contributed by atoms with Crippen molar-refractivity contribution in [2.45, 2.75) is 6.92 Å². The number of rotatable bonds is 2. The maximum atomic E-state index is 13.4. The van der Waals surface area contributed by atoms with Crippen molar-refractivity contribution in [2.75, 3.05) is 10.6 Å². The molecule has 0 heterocycles. The highest BCUT2D eigenvalue weighted by atomic mass is 79.9. The normalized spacial score (nSPS) is 10.1. The number of thiocarbonyl (C=S) groups is 1. The first-order valence-corrected chi connectivity index (χ1v) is 6.85. The molecular weight excluding hydrogens is 327 g/mol. The summed E-state index contributed by atoms with van der Waals surface area (Å²) in [4.78, 5) is 0. The molecule has 0 aliphatic rings. The SMILES string of the molecule is Cc1ccc(NC(=S)Nc2ccccc2Br)cc1F. The molecule has 0 unspecified atom stereocenters. The van der Waals surface area contributed by atoms with E-state index >= 15 is 0 Å². The number of halogens is 2. The Morgan fingerprint density at radius 1 is 1.16 bits per heavy atom. The monoisotopic (exact) mass is 338 g/mol. The van der Waals surface area contributed by atoms with Crippen molar-refractivity contribution in [1.82, 2.24) is 0 Å². The van der Waals surface area contributed by atoms with E-state index in [1.165, 1.54) is 6.07 Å². The van der Waals surface area contributed by atoms with Crippen LogP contribution < -0.4 is 10.6 Å². The average Bonchev–Trinajstić information content (AvgIpc) is 2.37. The Bertz CT molecular complexity index is 616. The third kappa shape index (κ3) is 3.75. The van der Waals surface area contributed by atoms with E-state index in [0.29, 0.717) is 16.4 Å². The average molecular weight is 339 g/mol. The van der Waals surface area contributed by atoms with E-state index in [4.69, 9.17) is 12.2 Å². The molecule has 19 heavy (non-hydrogen) atoms. The minimum atomic E-state index is -0.256. The number of anilines is 2. The number of benzene rings is 2. The fourth-order valence-electron chi connectivity index (χ4n) is 1.52. The summed E-state index contributed by atoms with van der Waals surface area (Å²) >= 11 is 8.61. The highest BCUT2D eigenvalue weighted by Gasteiger charge is 2.03. The zero-order valence-corrected chi connectivity index (χ0v) is 12.6. The summed E-state index contributed by atoms with van der Waals surface area (Å²) in [6.45, 7) is 1.72. The van der Waals surface area contributed by atoms with Gasteiger partial charge in [-0.25, -0.2) is 4.39 Å². The van der Waals surface area contributed by atoms with E-state index in [0.717, 1.165) is 10.2 Å². The zero-order valence-electron chi connectivity index (χ0n) is 10.2. The fourth-order valence-corrected chi connectivity index (χ4v) is 2.13. The molecule has 0 spiro atoms. The van der Waals surface area contributed by atoms with Crippen LogP contribution in [0.4, 0.5) is 15.8 Å². The molecule has 0 amide bonds. The molecule has 2 aromatic rings. The summed E-state index contributed by atoms with van der Waals surface area (Å²) in [5.41, 5.74) is 2.08. The summed E-state index contributed by atoms with van der Waals surface area (Å²) < 4.78 is 14.3. The summed E-state index contributed by atoms with van der Waals surface area (Å²) in [6, 6.07) is 12.5. The van der Waals surface area contributed by atoms with Gasteiger partial charge in [-0.3, -0.25) is 0 Å². The third-order valence-corrected chi connectivity index (χ3v) is 3.45. The number of hydrogen-bond donors (Lipinski definition) is 2. The van der Waals surface area contributed by atoms with Crippen LogP contribution in [0, 0.1) is 12.7 Å². The lowest BCUT2D eigenvalue weighted by atomic mass is 10.2. The predicted octanol–water partition coefficient (Wildman–Crippen LogP) is 4.71. The van der Waals surface area contributed by atoms with Gasteiger partial charge in [0.05, 0.1) is 5.69 Å². The van der Waals surface area contributed by atoms with Gasteiger partial charge in [0.2, 0.25) is 0 Å². The van der Waals surface area contributed by atoms with Gasteiger partial charge in [0.1, 0.15) is 5.82 Å². The second-order valence-electron chi connectivity index (χ2n) is 4.02. The maximum absolute atomic E-state index is 13.4. The smallest absolute Gasteiger partial charge is 0.175 e. The Hall–Kier alpha value is -1.46. The van der Waals surface area contributed by atoms with Crippen LogP contribution in [-0.4, -0.2) is 5.11 Å². The third-order valence-electron chi connectivity index (χ3n) is 2.55. The van der Waals surface area contributed by atoms with E-state index in [1.807, 2.05) is 24.3 Å². The van der Waals surface area contributed by atoms with Crippen molar-refractivity contribution in [3.63, 3.8) is 0 Å². The lowest BCUT2D eigenvalue weighted by Gasteiger charge is -2.12. The first-order valence-electron chi connectivity index (χ1n) is 5.65. The van der Waals surface area contributed by atoms with Crippen molar-refractivity contribution in [3.8, 4) is 0 Å². The van der Waals surface area contributed by atoms with Crippen LogP contribution in [0.3, 0.4) is 0 Å². The standard InChI is InChI=1S/C14H12BrFN2S/c1-9-6-7-10(8-12(9)16)17-14(19)18-13-5-3-2-4-11(13)15/h2-8H,1H3,(H2,17,18,19). The van der Waals surface area contributed by atoms with Crippen molar-refractivity contribution < 1.29 is 4.39 Å². The molecule has 0 radical (unpaired) electrons. The van der Waals surface area contributed by atoms with Crippen molar-refractivity contribution in [2.24, 2.45) is 0 Å². The molecule has 0 atom stereocenters. The summed E-state index contributed by atoms with van der Waals surface area (Å²) in [6.07, 6.45) is 0. The van der Waals surface area contributed by atoms with E-state index in [9.17, 15) is 4.39 Å². The second-order valence-corrected chi connectivity index (χ2v) is 5.29. The van der Waals surface area contributed by atoms with Gasteiger partial charge in [0, 0.05) is 10.2 Å². The van der Waals surface area contributed by atoms with E-state index < -0.39 is 0 Å². The Balaban J connectivity index is 2.05. The van der Waals surface area contributed by atoms with Gasteiger partial charge in [-0.1, -0.05) is 18.2 Å². The molecule has 0 saturated carbocycles. The quantitative estimate of drug-likeness (QED) is 0.775. The summed E-state index contributed by atoms with van der Waals surface area (Å²) in [5, 5.41) is 6.40. The molecule has 2 rings (SSSR count). The summed E-state index contributed by atoms with van der Waals surface area (Å²) in [7, 11) is 0. The molecule has 0 bridgehead atoms. The number of nitrogens with one attached hydrogen (secondary N) is 2. The van der Waals surface area contributed by atoms with Gasteiger partial charge in [-0.15, -0.1) is 0 Å². The summed E-state index contributed by atoms with van der Waals surface area (Å²) in [5.74, 6) is -0.256. The lowest BCUT2D eigenvalue weighted by molar-refractivity contribution is 0.619. The Labute approximate surface area is 125 Å². The van der Waals surface area contributed by atoms with Gasteiger partial charge < -0.3 is 10.6 Å². The number of para-hydroxylation sites is 1. The van der Waals surface area contributed by atoms with Gasteiger partial charge in [-0.2, -0.15) is 0 Å². The van der Waals surface area contributed by atoms with Crippen molar-refractivity contribution in [1.29, 1.82) is 0 Å². The highest BCUT2D eigenvalue weighted by Crippen LogP contribution is 2.21. The van der Waals surface area contributed by atoms with E-state index in [2.05, 4.69) is 26.6 Å². The molecule has 0 fully saturated rings. The van der Waals surface area contributed by atoms with Gasteiger partial charge in [0.15, 0.2) is 5.11 Å². The highest BCUT2D eigenvalue weighted by molar-refractivity contribution is 9.10. The maximum Gasteiger partial charge on any atom is 0.175 e. The Morgan fingerprint density at radius 3 is 2.58 bits per heavy atom. The molecule has 2 N–H and O–H groups in total. The van der Waals surface area contributed by atoms with Crippen LogP contribution >= 0.6 is 28.1 Å². The van der Waals surface area contributed by atoms with Crippen molar-refractivity contribution >= 4 is 44.6 Å². The second kappa shape index (κ2) is 6.12. The molecule has 0 aromatic heterocycles. The van der Waals surface area contributed by atoms with Gasteiger partial charge >= 0.3 is 0 Å². The van der Waals surface area contributed by atoms with Crippen LogP contribution in [0.5, 0.6) is 0 Å². The molecule has 0 aliphatic carbocycles. The zero-order chi connectivity index (χ0) is 13.8. The number of aryl methyl sites for hydroxylation is 1. The van der Waals surface area contributed by atoms with Gasteiger partial charge in [-0.05, 0) is 64.9 Å². The molecule has 2 nitrogen and oxygen atoms in total. The van der Waals surface area contributed by atoms with Crippen LogP contribution in [-0.2, 0) is 0 Å². The van der Waals surface area contributed by atoms with Crippen molar-refractivity contribution in [3.05, 3.63) is 58.3 Å². The van der Waals surface area contributed by atoms with Crippen LogP contribution in [0.2, 0.25) is 0 Å². The molecule has 5 heteroatoms. The Kier molecular flexibility index (Phi) is 4.50. The number of hydrogen-bond acceptors (Lipinski definition) is 1. The van der Waals surface area contributed by atoms with Crippen LogP contribution in [0.1, 0.15) is 5.56 Å². The molecule has 0 saturated heterocycles. The Morgan fingerprint density at radius 2 is 1.89 bits per heavy atom. The minimum absolute atomic E-state index is 0.256. The predicted molar refractivity (Wildman–Crippen MR) is 85.1 cm³/mol. The molecular formula is C14H12BrFN2S. The van der Waals surface area contributed by atoms with Crippen LogP contribution in [0.25, 0.3) is 0 Å².